The predicted octanol–water partition coefficient (Wildman–Crippen LogP) is 5.28. The van der Waals surface area contributed by atoms with Crippen molar-refractivity contribution in [2.45, 2.75) is 25.9 Å². The summed E-state index contributed by atoms with van der Waals surface area (Å²) in [6.45, 7) is 2.37. The van der Waals surface area contributed by atoms with Gasteiger partial charge in [0.05, 0.1) is 17.7 Å². The van der Waals surface area contributed by atoms with Crippen molar-refractivity contribution in [3.63, 3.8) is 0 Å². The monoisotopic (exact) mass is 392 g/mol. The Morgan fingerprint density at radius 3 is 2.21 bits per heavy atom. The highest BCUT2D eigenvalue weighted by Gasteiger charge is 2.30. The van der Waals surface area contributed by atoms with E-state index in [-0.39, 0.29) is 11.3 Å². The molecule has 0 aliphatic carbocycles. The third kappa shape index (κ3) is 6.57. The summed E-state index contributed by atoms with van der Waals surface area (Å²) in [5, 5.41) is 0. The second kappa shape index (κ2) is 9.73. The molecular weight excluding hydrogens is 373 g/mol. The molecule has 2 aromatic rings. The second-order valence-electron chi connectivity index (χ2n) is 5.89. The number of hydrogen-bond donors (Lipinski definition) is 0. The molecule has 0 saturated carbocycles. The molecule has 0 bridgehead atoms. The summed E-state index contributed by atoms with van der Waals surface area (Å²) in [7, 11) is 0. The summed E-state index contributed by atoms with van der Waals surface area (Å²) in [4.78, 5) is 23.5. The highest BCUT2D eigenvalue weighted by Crippen LogP contribution is 2.29. The van der Waals surface area contributed by atoms with Crippen LogP contribution in [-0.2, 0) is 15.7 Å². The smallest absolute Gasteiger partial charge is 0.416 e. The Kier molecular flexibility index (Phi) is 7.37. The Bertz CT molecular complexity index is 822. The number of alkyl halides is 3. The van der Waals surface area contributed by atoms with Crippen molar-refractivity contribution in [1.82, 2.24) is 0 Å². The number of unbranched alkanes of at least 4 members (excludes halogenated alkanes) is 1. The molecule has 4 nitrogen and oxygen atoms in total. The van der Waals surface area contributed by atoms with Gasteiger partial charge in [0.15, 0.2) is 0 Å². The topological polar surface area (TPSA) is 52.6 Å². The van der Waals surface area contributed by atoms with Gasteiger partial charge in [-0.15, -0.1) is 0 Å². The van der Waals surface area contributed by atoms with Crippen molar-refractivity contribution in [2.75, 3.05) is 6.61 Å². The zero-order valence-corrected chi connectivity index (χ0v) is 15.2. The van der Waals surface area contributed by atoms with Gasteiger partial charge in [-0.05, 0) is 54.5 Å². The average Bonchev–Trinajstić information content (AvgIpc) is 2.67. The Morgan fingerprint density at radius 1 is 1.00 bits per heavy atom. The molecular formula is C21H19F3O4. The summed E-state index contributed by atoms with van der Waals surface area (Å²) in [5.74, 6) is -0.977. The zero-order valence-electron chi connectivity index (χ0n) is 15.2. The predicted molar refractivity (Wildman–Crippen MR) is 97.7 cm³/mol. The number of esters is 2. The van der Waals surface area contributed by atoms with Gasteiger partial charge in [-0.25, -0.2) is 9.59 Å². The van der Waals surface area contributed by atoms with Crippen LogP contribution in [0.2, 0.25) is 0 Å². The first-order valence-corrected chi connectivity index (χ1v) is 8.64. The Hall–Kier alpha value is -3.09. The molecule has 0 saturated heterocycles. The molecule has 0 radical (unpaired) electrons. The zero-order chi connectivity index (χ0) is 20.6. The number of hydrogen-bond acceptors (Lipinski definition) is 4. The highest BCUT2D eigenvalue weighted by atomic mass is 19.4. The van der Waals surface area contributed by atoms with Gasteiger partial charge in [-0.3, -0.25) is 0 Å². The van der Waals surface area contributed by atoms with E-state index in [1.165, 1.54) is 18.2 Å². The van der Waals surface area contributed by atoms with Gasteiger partial charge >= 0.3 is 18.1 Å². The third-order valence-electron chi connectivity index (χ3n) is 3.69. The lowest BCUT2D eigenvalue weighted by molar-refractivity contribution is -0.138. The fraction of sp³-hybridized carbons (Fsp3) is 0.238. The molecule has 0 unspecified atom stereocenters. The Labute approximate surface area is 160 Å². The fourth-order valence-electron chi connectivity index (χ4n) is 2.14. The van der Waals surface area contributed by atoms with Gasteiger partial charge < -0.3 is 9.47 Å². The first-order valence-electron chi connectivity index (χ1n) is 8.64. The molecule has 0 N–H and O–H groups in total. The van der Waals surface area contributed by atoms with Gasteiger partial charge in [-0.2, -0.15) is 13.2 Å². The SMILES string of the molecule is CCCCOC(=O)C=Cc1ccc(OC(=O)c2ccc(C(F)(F)F)cc2)cc1. The van der Waals surface area contributed by atoms with Crippen molar-refractivity contribution in [3.05, 3.63) is 71.3 Å². The van der Waals surface area contributed by atoms with Gasteiger partial charge in [0.2, 0.25) is 0 Å². The number of carbonyl (C=O) groups excluding carboxylic acids is 2. The van der Waals surface area contributed by atoms with E-state index in [0.717, 1.165) is 37.1 Å². The normalized spacial score (nSPS) is 11.4. The molecule has 0 fully saturated rings. The Balaban J connectivity index is 1.93. The molecule has 0 heterocycles. The van der Waals surface area contributed by atoms with Crippen molar-refractivity contribution >= 4 is 18.0 Å². The number of rotatable bonds is 7. The standard InChI is InChI=1S/C21H19F3O4/c1-2-3-14-27-19(25)13-6-15-4-11-18(12-5-15)28-20(26)16-7-9-17(10-8-16)21(22,23)24/h4-13H,2-3,14H2,1H3. The minimum Gasteiger partial charge on any atom is -0.463 e. The largest absolute Gasteiger partial charge is 0.463 e. The highest BCUT2D eigenvalue weighted by molar-refractivity contribution is 5.91. The van der Waals surface area contributed by atoms with Crippen LogP contribution in [0.25, 0.3) is 6.08 Å². The van der Waals surface area contributed by atoms with E-state index in [1.807, 2.05) is 6.92 Å². The van der Waals surface area contributed by atoms with Gasteiger partial charge in [0.1, 0.15) is 5.75 Å². The minimum absolute atomic E-state index is 0.00629. The van der Waals surface area contributed by atoms with E-state index < -0.39 is 23.7 Å². The van der Waals surface area contributed by atoms with E-state index in [2.05, 4.69) is 0 Å². The summed E-state index contributed by atoms with van der Waals surface area (Å²) < 4.78 is 47.8. The van der Waals surface area contributed by atoms with Crippen molar-refractivity contribution in [1.29, 1.82) is 0 Å². The molecule has 2 aromatic carbocycles. The quantitative estimate of drug-likeness (QED) is 0.278. The number of benzene rings is 2. The molecule has 2 rings (SSSR count). The van der Waals surface area contributed by atoms with Crippen LogP contribution >= 0.6 is 0 Å². The molecule has 0 aromatic heterocycles. The maximum Gasteiger partial charge on any atom is 0.416 e. The van der Waals surface area contributed by atoms with Crippen molar-refractivity contribution in [3.8, 4) is 5.75 Å². The summed E-state index contributed by atoms with van der Waals surface area (Å²) in [6, 6.07) is 10.1. The van der Waals surface area contributed by atoms with Gasteiger partial charge in [0, 0.05) is 6.08 Å². The molecule has 0 amide bonds. The van der Waals surface area contributed by atoms with Gasteiger partial charge in [-0.1, -0.05) is 25.5 Å². The van der Waals surface area contributed by atoms with Crippen LogP contribution in [-0.4, -0.2) is 18.5 Å². The van der Waals surface area contributed by atoms with Crippen LogP contribution in [0.1, 0.15) is 41.3 Å². The van der Waals surface area contributed by atoms with Crippen LogP contribution in [0.3, 0.4) is 0 Å². The molecule has 0 atom stereocenters. The summed E-state index contributed by atoms with van der Waals surface area (Å²) >= 11 is 0. The van der Waals surface area contributed by atoms with Crippen molar-refractivity contribution in [2.24, 2.45) is 0 Å². The van der Waals surface area contributed by atoms with E-state index in [0.29, 0.717) is 12.2 Å². The number of ether oxygens (including phenoxy) is 2. The van der Waals surface area contributed by atoms with Crippen LogP contribution < -0.4 is 4.74 Å². The average molecular weight is 392 g/mol. The Morgan fingerprint density at radius 2 is 1.64 bits per heavy atom. The summed E-state index contributed by atoms with van der Waals surface area (Å²) in [6.07, 6.45) is 0.144. The summed E-state index contributed by atoms with van der Waals surface area (Å²) in [5.41, 5.74) is -0.137. The van der Waals surface area contributed by atoms with E-state index in [1.54, 1.807) is 18.2 Å². The van der Waals surface area contributed by atoms with E-state index >= 15 is 0 Å². The molecule has 7 heteroatoms. The second-order valence-corrected chi connectivity index (χ2v) is 5.89. The fourth-order valence-corrected chi connectivity index (χ4v) is 2.14. The maximum atomic E-state index is 12.5. The van der Waals surface area contributed by atoms with E-state index in [9.17, 15) is 22.8 Å². The van der Waals surface area contributed by atoms with Crippen LogP contribution in [0.5, 0.6) is 5.75 Å². The van der Waals surface area contributed by atoms with Crippen LogP contribution in [0, 0.1) is 0 Å². The lowest BCUT2D eigenvalue weighted by atomic mass is 10.1. The number of halogens is 3. The lowest BCUT2D eigenvalue weighted by Gasteiger charge is -2.08. The minimum atomic E-state index is -4.46. The molecule has 148 valence electrons. The first-order chi connectivity index (χ1) is 13.3. The first kappa shape index (κ1) is 21.2. The molecule has 0 spiro atoms. The van der Waals surface area contributed by atoms with E-state index in [4.69, 9.17) is 9.47 Å². The van der Waals surface area contributed by atoms with Gasteiger partial charge in [0.25, 0.3) is 0 Å². The molecule has 0 aliphatic rings. The molecule has 0 aliphatic heterocycles. The van der Waals surface area contributed by atoms with Crippen LogP contribution in [0.4, 0.5) is 13.2 Å². The molecule has 28 heavy (non-hydrogen) atoms. The maximum absolute atomic E-state index is 12.5. The third-order valence-corrected chi connectivity index (χ3v) is 3.69. The number of carbonyl (C=O) groups is 2. The van der Waals surface area contributed by atoms with Crippen molar-refractivity contribution < 1.29 is 32.2 Å². The van der Waals surface area contributed by atoms with Crippen LogP contribution in [0.15, 0.2) is 54.6 Å². The lowest BCUT2D eigenvalue weighted by Crippen LogP contribution is -2.10.